The zero-order valence-electron chi connectivity index (χ0n) is 11.0. The van der Waals surface area contributed by atoms with Crippen LogP contribution in [-0.4, -0.2) is 4.99 Å². The SMILES string of the molecule is Cc1cc(Oc2ccc(Br)cc2C(N)=S)cc(C)c1Br. The highest BCUT2D eigenvalue weighted by molar-refractivity contribution is 9.10. The largest absolute Gasteiger partial charge is 0.457 e. The molecule has 0 aliphatic carbocycles. The highest BCUT2D eigenvalue weighted by Crippen LogP contribution is 2.32. The van der Waals surface area contributed by atoms with Crippen molar-refractivity contribution in [1.29, 1.82) is 0 Å². The summed E-state index contributed by atoms with van der Waals surface area (Å²) in [5.74, 6) is 1.42. The van der Waals surface area contributed by atoms with Crippen LogP contribution in [0.15, 0.2) is 39.3 Å². The lowest BCUT2D eigenvalue weighted by Gasteiger charge is -2.13. The third kappa shape index (κ3) is 3.40. The number of ether oxygens (including phenoxy) is 1. The first-order chi connectivity index (χ1) is 9.38. The average Bonchev–Trinajstić information content (AvgIpc) is 2.37. The van der Waals surface area contributed by atoms with Gasteiger partial charge in [-0.05, 0) is 55.3 Å². The van der Waals surface area contributed by atoms with Crippen LogP contribution in [0.1, 0.15) is 16.7 Å². The number of nitrogens with two attached hydrogens (primary N) is 1. The van der Waals surface area contributed by atoms with E-state index in [0.717, 1.165) is 25.8 Å². The Morgan fingerprint density at radius 3 is 2.25 bits per heavy atom. The second-order valence-electron chi connectivity index (χ2n) is 4.48. The third-order valence-corrected chi connectivity index (χ3v) is 4.81. The first-order valence-corrected chi connectivity index (χ1v) is 7.92. The summed E-state index contributed by atoms with van der Waals surface area (Å²) in [6.07, 6.45) is 0. The molecule has 20 heavy (non-hydrogen) atoms. The van der Waals surface area contributed by atoms with Gasteiger partial charge in [-0.1, -0.05) is 44.1 Å². The second kappa shape index (κ2) is 6.24. The fraction of sp³-hybridized carbons (Fsp3) is 0.133. The van der Waals surface area contributed by atoms with Gasteiger partial charge in [0.15, 0.2) is 0 Å². The van der Waals surface area contributed by atoms with Gasteiger partial charge in [-0.15, -0.1) is 0 Å². The molecule has 0 aromatic heterocycles. The van der Waals surface area contributed by atoms with Gasteiger partial charge in [0.05, 0.1) is 5.56 Å². The molecule has 0 spiro atoms. The number of hydrogen-bond acceptors (Lipinski definition) is 2. The summed E-state index contributed by atoms with van der Waals surface area (Å²) in [4.78, 5) is 0.312. The molecule has 0 amide bonds. The van der Waals surface area contributed by atoms with Crippen molar-refractivity contribution in [3.8, 4) is 11.5 Å². The van der Waals surface area contributed by atoms with Crippen molar-refractivity contribution in [3.63, 3.8) is 0 Å². The van der Waals surface area contributed by atoms with Crippen LogP contribution in [0.25, 0.3) is 0 Å². The lowest BCUT2D eigenvalue weighted by Crippen LogP contribution is -2.10. The first kappa shape index (κ1) is 15.5. The monoisotopic (exact) mass is 413 g/mol. The molecular weight excluding hydrogens is 402 g/mol. The van der Waals surface area contributed by atoms with Crippen molar-refractivity contribution in [2.75, 3.05) is 0 Å². The topological polar surface area (TPSA) is 35.2 Å². The molecule has 0 saturated heterocycles. The minimum absolute atomic E-state index is 0.312. The van der Waals surface area contributed by atoms with Gasteiger partial charge in [0.25, 0.3) is 0 Å². The number of hydrogen-bond donors (Lipinski definition) is 1. The fourth-order valence-corrected chi connectivity index (χ4v) is 2.63. The Labute approximate surface area is 140 Å². The van der Waals surface area contributed by atoms with Gasteiger partial charge in [0.2, 0.25) is 0 Å². The number of thiocarbonyl (C=S) groups is 1. The standard InChI is InChI=1S/C15H13Br2NOS/c1-8-5-11(6-9(2)14(8)17)19-13-4-3-10(16)7-12(13)15(18)20/h3-7H,1-2H3,(H2,18,20). The summed E-state index contributed by atoms with van der Waals surface area (Å²) >= 11 is 12.0. The van der Waals surface area contributed by atoms with E-state index in [9.17, 15) is 0 Å². The summed E-state index contributed by atoms with van der Waals surface area (Å²) in [6, 6.07) is 9.56. The molecule has 0 saturated carbocycles. The zero-order chi connectivity index (χ0) is 14.9. The van der Waals surface area contributed by atoms with Gasteiger partial charge < -0.3 is 10.5 Å². The number of benzene rings is 2. The molecule has 2 nitrogen and oxygen atoms in total. The molecular formula is C15H13Br2NOS. The quantitative estimate of drug-likeness (QED) is 0.696. The van der Waals surface area contributed by atoms with Crippen molar-refractivity contribution >= 4 is 49.1 Å². The number of aryl methyl sites for hydroxylation is 2. The highest BCUT2D eigenvalue weighted by atomic mass is 79.9. The van der Waals surface area contributed by atoms with Crippen LogP contribution in [0.5, 0.6) is 11.5 Å². The first-order valence-electron chi connectivity index (χ1n) is 5.92. The Balaban J connectivity index is 2.42. The summed E-state index contributed by atoms with van der Waals surface area (Å²) in [6.45, 7) is 4.06. The molecule has 2 aromatic carbocycles. The maximum absolute atomic E-state index is 5.93. The van der Waals surface area contributed by atoms with Crippen LogP contribution in [0.3, 0.4) is 0 Å². The minimum atomic E-state index is 0.312. The normalized spacial score (nSPS) is 10.4. The van der Waals surface area contributed by atoms with Gasteiger partial charge in [0.1, 0.15) is 16.5 Å². The summed E-state index contributed by atoms with van der Waals surface area (Å²) in [5.41, 5.74) is 8.70. The number of halogens is 2. The summed E-state index contributed by atoms with van der Waals surface area (Å²) in [5, 5.41) is 0. The average molecular weight is 415 g/mol. The molecule has 0 aliphatic heterocycles. The Kier molecular flexibility index (Phi) is 4.83. The van der Waals surface area contributed by atoms with Crippen molar-refractivity contribution in [3.05, 3.63) is 56.0 Å². The number of rotatable bonds is 3. The lowest BCUT2D eigenvalue weighted by atomic mass is 10.1. The van der Waals surface area contributed by atoms with Crippen LogP contribution in [0.2, 0.25) is 0 Å². The molecule has 0 radical (unpaired) electrons. The van der Waals surface area contributed by atoms with Crippen LogP contribution in [-0.2, 0) is 0 Å². The second-order valence-corrected chi connectivity index (χ2v) is 6.63. The van der Waals surface area contributed by atoms with E-state index < -0.39 is 0 Å². The molecule has 0 bridgehead atoms. The van der Waals surface area contributed by atoms with Crippen LogP contribution in [0.4, 0.5) is 0 Å². The van der Waals surface area contributed by atoms with Crippen molar-refractivity contribution in [2.45, 2.75) is 13.8 Å². The van der Waals surface area contributed by atoms with Gasteiger partial charge in [-0.2, -0.15) is 0 Å². The molecule has 0 unspecified atom stereocenters. The molecule has 0 aliphatic rings. The van der Waals surface area contributed by atoms with E-state index in [0.29, 0.717) is 16.3 Å². The van der Waals surface area contributed by atoms with E-state index in [4.69, 9.17) is 22.7 Å². The predicted molar refractivity (Wildman–Crippen MR) is 93.7 cm³/mol. The van der Waals surface area contributed by atoms with E-state index >= 15 is 0 Å². The van der Waals surface area contributed by atoms with E-state index in [-0.39, 0.29) is 0 Å². The van der Waals surface area contributed by atoms with E-state index in [1.165, 1.54) is 0 Å². The maximum Gasteiger partial charge on any atom is 0.137 e. The smallest absolute Gasteiger partial charge is 0.137 e. The van der Waals surface area contributed by atoms with E-state index in [1.807, 2.05) is 44.2 Å². The van der Waals surface area contributed by atoms with Gasteiger partial charge in [-0.3, -0.25) is 0 Å². The van der Waals surface area contributed by atoms with Crippen molar-refractivity contribution in [2.24, 2.45) is 5.73 Å². The van der Waals surface area contributed by atoms with E-state index in [2.05, 4.69) is 31.9 Å². The maximum atomic E-state index is 5.93. The molecule has 0 heterocycles. The molecule has 0 fully saturated rings. The van der Waals surface area contributed by atoms with Gasteiger partial charge >= 0.3 is 0 Å². The van der Waals surface area contributed by atoms with Gasteiger partial charge in [-0.25, -0.2) is 0 Å². The van der Waals surface area contributed by atoms with Crippen molar-refractivity contribution < 1.29 is 4.74 Å². The molecule has 5 heteroatoms. The molecule has 104 valence electrons. The van der Waals surface area contributed by atoms with Gasteiger partial charge in [0, 0.05) is 8.95 Å². The molecule has 0 atom stereocenters. The Morgan fingerprint density at radius 2 is 1.70 bits per heavy atom. The van der Waals surface area contributed by atoms with Crippen LogP contribution < -0.4 is 10.5 Å². The van der Waals surface area contributed by atoms with Crippen LogP contribution >= 0.6 is 44.1 Å². The highest BCUT2D eigenvalue weighted by Gasteiger charge is 2.10. The van der Waals surface area contributed by atoms with Crippen LogP contribution in [0, 0.1) is 13.8 Å². The fourth-order valence-electron chi connectivity index (χ4n) is 1.88. The molecule has 2 N–H and O–H groups in total. The molecule has 2 rings (SSSR count). The summed E-state index contributed by atoms with van der Waals surface area (Å²) in [7, 11) is 0. The Morgan fingerprint density at radius 1 is 1.10 bits per heavy atom. The summed E-state index contributed by atoms with van der Waals surface area (Å²) < 4.78 is 7.94. The zero-order valence-corrected chi connectivity index (χ0v) is 15.0. The lowest BCUT2D eigenvalue weighted by molar-refractivity contribution is 0.480. The van der Waals surface area contributed by atoms with E-state index in [1.54, 1.807) is 0 Å². The minimum Gasteiger partial charge on any atom is -0.457 e. The Bertz CT molecular complexity index is 663. The van der Waals surface area contributed by atoms with Crippen molar-refractivity contribution in [1.82, 2.24) is 0 Å². The predicted octanol–water partition coefficient (Wildman–Crippen LogP) is 5.25. The Hall–Kier alpha value is -0.910. The third-order valence-electron chi connectivity index (χ3n) is 2.84. The molecule has 2 aromatic rings.